The van der Waals surface area contributed by atoms with Gasteiger partial charge in [-0.05, 0) is 44.9 Å². The van der Waals surface area contributed by atoms with Gasteiger partial charge in [0.15, 0.2) is 5.82 Å². The maximum Gasteiger partial charge on any atom is 0.163 e. The van der Waals surface area contributed by atoms with Crippen LogP contribution in [-0.2, 0) is 6.42 Å². The smallest absolute Gasteiger partial charge is 0.163 e. The molecule has 0 aliphatic carbocycles. The molecule has 0 saturated carbocycles. The molecule has 0 aliphatic heterocycles. The van der Waals surface area contributed by atoms with Crippen molar-refractivity contribution in [1.29, 1.82) is 0 Å². The summed E-state index contributed by atoms with van der Waals surface area (Å²) in [6.07, 6.45) is 1.98. The molecule has 2 heterocycles. The van der Waals surface area contributed by atoms with Crippen molar-refractivity contribution in [3.05, 3.63) is 24.5 Å². The fourth-order valence-corrected chi connectivity index (χ4v) is 3.44. The summed E-state index contributed by atoms with van der Waals surface area (Å²) in [5.41, 5.74) is 7.98. The van der Waals surface area contributed by atoms with E-state index in [0.29, 0.717) is 11.6 Å². The average Bonchev–Trinajstić information content (AvgIpc) is 2.71. The zero-order valence-electron chi connectivity index (χ0n) is 9.20. The third-order valence-electron chi connectivity index (χ3n) is 2.29. The molecule has 0 aromatic carbocycles. The lowest BCUT2D eigenvalue weighted by molar-refractivity contribution is 0.869. The number of hydrogen-bond acceptors (Lipinski definition) is 4. The van der Waals surface area contributed by atoms with Gasteiger partial charge >= 0.3 is 0 Å². The van der Waals surface area contributed by atoms with Gasteiger partial charge in [-0.3, -0.25) is 0 Å². The molecule has 17 heavy (non-hydrogen) atoms. The fourth-order valence-electron chi connectivity index (χ4n) is 1.48. The molecular formula is C11H11BrIN3S. The van der Waals surface area contributed by atoms with Crippen molar-refractivity contribution >= 4 is 55.7 Å². The minimum atomic E-state index is 0.567. The number of nitrogen functional groups attached to an aromatic ring is 1. The lowest BCUT2D eigenvalue weighted by atomic mass is 10.2. The van der Waals surface area contributed by atoms with Gasteiger partial charge in [0.2, 0.25) is 0 Å². The van der Waals surface area contributed by atoms with Crippen molar-refractivity contribution in [2.75, 3.05) is 5.73 Å². The summed E-state index contributed by atoms with van der Waals surface area (Å²) in [5, 5.41) is 4.05. The Labute approximate surface area is 126 Å². The van der Waals surface area contributed by atoms with Crippen LogP contribution < -0.4 is 5.73 Å². The van der Waals surface area contributed by atoms with E-state index in [9.17, 15) is 0 Å². The quantitative estimate of drug-likeness (QED) is 0.756. The zero-order chi connectivity index (χ0) is 12.4. The van der Waals surface area contributed by atoms with E-state index in [1.807, 2.05) is 10.8 Å². The van der Waals surface area contributed by atoms with E-state index >= 15 is 0 Å². The molecule has 0 aliphatic rings. The van der Waals surface area contributed by atoms with Gasteiger partial charge in [0.25, 0.3) is 0 Å². The highest BCUT2D eigenvalue weighted by Gasteiger charge is 2.13. The van der Waals surface area contributed by atoms with Crippen molar-refractivity contribution in [3.8, 4) is 11.4 Å². The van der Waals surface area contributed by atoms with Gasteiger partial charge in [0.1, 0.15) is 5.82 Å². The molecule has 0 saturated heterocycles. The van der Waals surface area contributed by atoms with Crippen molar-refractivity contribution in [3.63, 3.8) is 0 Å². The summed E-state index contributed by atoms with van der Waals surface area (Å²) in [5.74, 6) is 1.27. The molecule has 0 radical (unpaired) electrons. The predicted molar refractivity (Wildman–Crippen MR) is 84.2 cm³/mol. The number of aromatic nitrogens is 2. The Bertz CT molecular complexity index is 542. The third kappa shape index (κ3) is 2.79. The average molecular weight is 424 g/mol. The van der Waals surface area contributed by atoms with Crippen molar-refractivity contribution in [1.82, 2.24) is 9.97 Å². The zero-order valence-corrected chi connectivity index (χ0v) is 13.8. The highest BCUT2D eigenvalue weighted by atomic mass is 127. The molecule has 6 heteroatoms. The molecule has 0 spiro atoms. The van der Waals surface area contributed by atoms with Crippen molar-refractivity contribution in [2.45, 2.75) is 19.8 Å². The summed E-state index contributed by atoms with van der Waals surface area (Å²) >= 11 is 7.33. The van der Waals surface area contributed by atoms with Crippen LogP contribution in [0.2, 0.25) is 0 Å². The van der Waals surface area contributed by atoms with Gasteiger partial charge in [-0.15, -0.1) is 0 Å². The highest BCUT2D eigenvalue weighted by molar-refractivity contribution is 14.1. The third-order valence-corrected chi connectivity index (χ3v) is 5.17. The maximum atomic E-state index is 5.94. The second-order valence-corrected chi connectivity index (χ2v) is 6.25. The Hall–Kier alpha value is -0.210. The molecule has 0 bridgehead atoms. The number of thiophene rings is 1. The molecule has 0 amide bonds. The number of rotatable bonds is 3. The molecule has 2 N–H and O–H groups in total. The first-order chi connectivity index (χ1) is 8.13. The van der Waals surface area contributed by atoms with Gasteiger partial charge in [-0.1, -0.05) is 13.3 Å². The number of nitrogens with zero attached hydrogens (tertiary/aromatic N) is 2. The normalized spacial score (nSPS) is 10.8. The first-order valence-electron chi connectivity index (χ1n) is 5.17. The molecular weight excluding hydrogens is 413 g/mol. The number of halogens is 2. The minimum absolute atomic E-state index is 0.567. The van der Waals surface area contributed by atoms with Crippen LogP contribution in [0.4, 0.5) is 5.82 Å². The summed E-state index contributed by atoms with van der Waals surface area (Å²) in [4.78, 5) is 8.96. The lowest BCUT2D eigenvalue weighted by Gasteiger charge is -2.07. The van der Waals surface area contributed by atoms with E-state index in [2.05, 4.69) is 55.4 Å². The molecule has 2 rings (SSSR count). The van der Waals surface area contributed by atoms with Crippen LogP contribution in [0, 0.1) is 3.57 Å². The van der Waals surface area contributed by atoms with Gasteiger partial charge < -0.3 is 5.73 Å². The molecule has 0 atom stereocenters. The number of nitrogens with two attached hydrogens (primary N) is 1. The second-order valence-electron chi connectivity index (χ2n) is 3.58. The Balaban J connectivity index is 2.53. The largest absolute Gasteiger partial charge is 0.383 e. The standard InChI is InChI=1S/C11H11BrIN3S/c1-2-3-8-9(13)10(14)16-11(15-8)6-4-17-5-7(6)12/h4-5H,2-3H2,1H3,(H2,14,15,16). The topological polar surface area (TPSA) is 51.8 Å². The molecule has 0 fully saturated rings. The van der Waals surface area contributed by atoms with E-state index in [1.165, 1.54) is 0 Å². The van der Waals surface area contributed by atoms with E-state index < -0.39 is 0 Å². The molecule has 90 valence electrons. The van der Waals surface area contributed by atoms with E-state index in [0.717, 1.165) is 32.1 Å². The molecule has 0 unspecified atom stereocenters. The number of hydrogen-bond donors (Lipinski definition) is 1. The summed E-state index contributed by atoms with van der Waals surface area (Å²) in [7, 11) is 0. The summed E-state index contributed by atoms with van der Waals surface area (Å²) < 4.78 is 1.99. The molecule has 2 aromatic heterocycles. The van der Waals surface area contributed by atoms with Crippen molar-refractivity contribution < 1.29 is 0 Å². The van der Waals surface area contributed by atoms with Gasteiger partial charge in [0, 0.05) is 20.8 Å². The maximum absolute atomic E-state index is 5.94. The van der Waals surface area contributed by atoms with E-state index in [-0.39, 0.29) is 0 Å². The van der Waals surface area contributed by atoms with Crippen molar-refractivity contribution in [2.24, 2.45) is 0 Å². The van der Waals surface area contributed by atoms with Crippen LogP contribution in [0.1, 0.15) is 19.0 Å². The lowest BCUT2D eigenvalue weighted by Crippen LogP contribution is -2.04. The Morgan fingerprint density at radius 3 is 2.76 bits per heavy atom. The van der Waals surface area contributed by atoms with Gasteiger partial charge in [-0.2, -0.15) is 11.3 Å². The van der Waals surface area contributed by atoms with Crippen LogP contribution in [0.15, 0.2) is 15.2 Å². The van der Waals surface area contributed by atoms with E-state index in [4.69, 9.17) is 5.73 Å². The molecule has 2 aromatic rings. The first-order valence-corrected chi connectivity index (χ1v) is 7.99. The fraction of sp³-hybridized carbons (Fsp3) is 0.273. The molecule has 3 nitrogen and oxygen atoms in total. The van der Waals surface area contributed by atoms with Gasteiger partial charge in [0.05, 0.1) is 9.26 Å². The summed E-state index contributed by atoms with van der Waals surface area (Å²) in [6, 6.07) is 0. The van der Waals surface area contributed by atoms with Crippen LogP contribution >= 0.6 is 49.9 Å². The predicted octanol–water partition coefficient (Wildman–Crippen LogP) is 4.11. The van der Waals surface area contributed by atoms with Crippen LogP contribution in [0.3, 0.4) is 0 Å². The van der Waals surface area contributed by atoms with E-state index in [1.54, 1.807) is 11.3 Å². The minimum Gasteiger partial charge on any atom is -0.383 e. The Morgan fingerprint density at radius 2 is 2.18 bits per heavy atom. The first kappa shape index (κ1) is 13.2. The monoisotopic (exact) mass is 423 g/mol. The SMILES string of the molecule is CCCc1nc(-c2cscc2Br)nc(N)c1I. The summed E-state index contributed by atoms with van der Waals surface area (Å²) in [6.45, 7) is 2.13. The number of anilines is 1. The Morgan fingerprint density at radius 1 is 1.41 bits per heavy atom. The number of aryl methyl sites for hydroxylation is 1. The van der Waals surface area contributed by atoms with Crippen LogP contribution in [0.5, 0.6) is 0 Å². The van der Waals surface area contributed by atoms with Crippen LogP contribution in [0.25, 0.3) is 11.4 Å². The van der Waals surface area contributed by atoms with Gasteiger partial charge in [-0.25, -0.2) is 9.97 Å². The Kier molecular flexibility index (Phi) is 4.37. The van der Waals surface area contributed by atoms with Crippen LogP contribution in [-0.4, -0.2) is 9.97 Å². The highest BCUT2D eigenvalue weighted by Crippen LogP contribution is 2.31. The second kappa shape index (κ2) is 5.62.